The molecule has 0 saturated carbocycles. The predicted molar refractivity (Wildman–Crippen MR) is 122 cm³/mol. The van der Waals surface area contributed by atoms with Gasteiger partial charge in [0.15, 0.2) is 0 Å². The third-order valence-electron chi connectivity index (χ3n) is 6.80. The van der Waals surface area contributed by atoms with Crippen LogP contribution in [-0.4, -0.2) is 29.0 Å². The first-order valence-electron chi connectivity index (χ1n) is 10.6. The number of carbonyl (C=O) groups excluding carboxylic acids is 4. The lowest BCUT2D eigenvalue weighted by molar-refractivity contribution is -0.127. The molecule has 2 saturated heterocycles. The number of imide groups is 1. The molecule has 3 aromatic rings. The molecular weight excluding hydrogens is 505 g/mol. The zero-order valence-corrected chi connectivity index (χ0v) is 19.0. The standard InChI is InChI=1S/C26H15BrFNO5/c27-14-7-5-13(6-8-14)21-19-20(25(33)29(24(19)32)16-11-9-15(28)10-12-16)26(34-21)22(30)17-3-1-2-4-18(17)23(26)31/h1-12,19-21H/t19-,20-,21-/m0/s1. The number of fused-ring (bicyclic) bond motifs is 3. The molecule has 0 N–H and O–H groups in total. The van der Waals surface area contributed by atoms with Gasteiger partial charge in [-0.05, 0) is 42.0 Å². The number of amides is 2. The normalized spacial score (nSPS) is 24.8. The van der Waals surface area contributed by atoms with E-state index >= 15 is 0 Å². The van der Waals surface area contributed by atoms with Crippen molar-refractivity contribution >= 4 is 45.0 Å². The molecule has 2 heterocycles. The van der Waals surface area contributed by atoms with Gasteiger partial charge in [-0.1, -0.05) is 52.3 Å². The quantitative estimate of drug-likeness (QED) is 0.372. The minimum Gasteiger partial charge on any atom is -0.349 e. The minimum atomic E-state index is -2.13. The highest BCUT2D eigenvalue weighted by atomic mass is 79.9. The van der Waals surface area contributed by atoms with Crippen LogP contribution in [0.4, 0.5) is 10.1 Å². The number of nitrogens with zero attached hydrogens (tertiary/aromatic N) is 1. The average Bonchev–Trinajstić information content (AvgIpc) is 3.40. The molecule has 168 valence electrons. The van der Waals surface area contributed by atoms with Crippen LogP contribution in [0, 0.1) is 17.7 Å². The van der Waals surface area contributed by atoms with Gasteiger partial charge in [0.2, 0.25) is 29.0 Å². The van der Waals surface area contributed by atoms with Crippen molar-refractivity contribution in [1.29, 1.82) is 0 Å². The summed E-state index contributed by atoms with van der Waals surface area (Å²) in [7, 11) is 0. The van der Waals surface area contributed by atoms with E-state index in [0.29, 0.717) is 5.56 Å². The average molecular weight is 520 g/mol. The van der Waals surface area contributed by atoms with E-state index in [4.69, 9.17) is 4.74 Å². The Balaban J connectivity index is 1.54. The van der Waals surface area contributed by atoms with Crippen molar-refractivity contribution in [3.63, 3.8) is 0 Å². The van der Waals surface area contributed by atoms with E-state index in [-0.39, 0.29) is 16.8 Å². The SMILES string of the molecule is O=C1[C@H]2[C@@H](C(=O)N1c1ccc(F)cc1)C1(O[C@H]2c2ccc(Br)cc2)C(=O)c2ccccc2C1=O. The number of ketones is 2. The maximum absolute atomic E-state index is 13.7. The summed E-state index contributed by atoms with van der Waals surface area (Å²) in [6.45, 7) is 0. The molecule has 0 aromatic heterocycles. The van der Waals surface area contributed by atoms with E-state index in [9.17, 15) is 23.6 Å². The maximum Gasteiger partial charge on any atom is 0.241 e. The Hall–Kier alpha value is -3.49. The van der Waals surface area contributed by atoms with Gasteiger partial charge in [0.05, 0.1) is 23.6 Å². The molecule has 3 atom stereocenters. The van der Waals surface area contributed by atoms with E-state index in [1.54, 1.807) is 36.4 Å². The highest BCUT2D eigenvalue weighted by Gasteiger charge is 2.74. The lowest BCUT2D eigenvalue weighted by atomic mass is 9.77. The van der Waals surface area contributed by atoms with Crippen LogP contribution in [0.15, 0.2) is 77.3 Å². The molecule has 0 unspecified atom stereocenters. The third-order valence-corrected chi connectivity index (χ3v) is 7.33. The summed E-state index contributed by atoms with van der Waals surface area (Å²) >= 11 is 3.37. The fourth-order valence-electron chi connectivity index (χ4n) is 5.32. The van der Waals surface area contributed by atoms with Gasteiger partial charge in [-0.3, -0.25) is 19.2 Å². The van der Waals surface area contributed by atoms with Crippen LogP contribution in [0.2, 0.25) is 0 Å². The second kappa shape index (κ2) is 7.25. The molecule has 6 nitrogen and oxygen atoms in total. The van der Waals surface area contributed by atoms with Crippen molar-refractivity contribution in [3.05, 3.63) is 99.8 Å². The van der Waals surface area contributed by atoms with Gasteiger partial charge in [0, 0.05) is 15.6 Å². The molecule has 0 radical (unpaired) electrons. The molecular formula is C26H15BrFNO5. The molecule has 3 aliphatic rings. The number of Topliss-reactive ketones (excluding diaryl/α,β-unsaturated/α-hetero) is 2. The van der Waals surface area contributed by atoms with Crippen LogP contribution >= 0.6 is 15.9 Å². The first kappa shape index (κ1) is 21.1. The van der Waals surface area contributed by atoms with Gasteiger partial charge in [-0.2, -0.15) is 0 Å². The summed E-state index contributed by atoms with van der Waals surface area (Å²) in [6, 6.07) is 18.2. The van der Waals surface area contributed by atoms with E-state index in [0.717, 1.165) is 21.5 Å². The Morgan fingerprint density at radius 1 is 0.794 bits per heavy atom. The number of hydrogen-bond acceptors (Lipinski definition) is 5. The molecule has 0 bridgehead atoms. The van der Waals surface area contributed by atoms with Crippen LogP contribution in [0.5, 0.6) is 0 Å². The van der Waals surface area contributed by atoms with Crippen LogP contribution in [0.3, 0.4) is 0 Å². The van der Waals surface area contributed by atoms with Gasteiger partial charge in [0.1, 0.15) is 5.82 Å². The molecule has 34 heavy (non-hydrogen) atoms. The predicted octanol–water partition coefficient (Wildman–Crippen LogP) is 4.28. The number of anilines is 1. The van der Waals surface area contributed by atoms with Crippen molar-refractivity contribution in [1.82, 2.24) is 0 Å². The molecule has 2 amide bonds. The van der Waals surface area contributed by atoms with E-state index in [1.807, 2.05) is 0 Å². The minimum absolute atomic E-state index is 0.170. The Morgan fingerprint density at radius 2 is 1.38 bits per heavy atom. The zero-order chi connectivity index (χ0) is 23.8. The maximum atomic E-state index is 13.7. The van der Waals surface area contributed by atoms with Crippen LogP contribution in [0.1, 0.15) is 32.4 Å². The summed E-state index contributed by atoms with van der Waals surface area (Å²) in [5.74, 6) is -5.51. The van der Waals surface area contributed by atoms with Crippen molar-refractivity contribution < 1.29 is 28.3 Å². The van der Waals surface area contributed by atoms with Gasteiger partial charge < -0.3 is 4.74 Å². The number of ether oxygens (including phenoxy) is 1. The largest absolute Gasteiger partial charge is 0.349 e. The van der Waals surface area contributed by atoms with E-state index < -0.39 is 52.7 Å². The van der Waals surface area contributed by atoms with Crippen LogP contribution < -0.4 is 4.90 Å². The molecule has 2 aliphatic heterocycles. The summed E-state index contributed by atoms with van der Waals surface area (Å²) < 4.78 is 20.5. The zero-order valence-electron chi connectivity index (χ0n) is 17.4. The Labute approximate surface area is 201 Å². The summed E-state index contributed by atoms with van der Waals surface area (Å²) in [4.78, 5) is 55.7. The van der Waals surface area contributed by atoms with Crippen LogP contribution in [0.25, 0.3) is 0 Å². The number of halogens is 2. The molecule has 1 spiro atoms. The molecule has 6 rings (SSSR count). The fraction of sp³-hybridized carbons (Fsp3) is 0.154. The lowest BCUT2D eigenvalue weighted by Gasteiger charge is -2.27. The number of benzene rings is 3. The number of hydrogen-bond donors (Lipinski definition) is 0. The first-order chi connectivity index (χ1) is 16.3. The lowest BCUT2D eigenvalue weighted by Crippen LogP contribution is -2.51. The molecule has 8 heteroatoms. The first-order valence-corrected chi connectivity index (χ1v) is 11.4. The summed E-state index contributed by atoms with van der Waals surface area (Å²) in [5, 5.41) is 0. The van der Waals surface area contributed by atoms with Crippen molar-refractivity contribution in [3.8, 4) is 0 Å². The van der Waals surface area contributed by atoms with Crippen LogP contribution in [-0.2, 0) is 14.3 Å². The topological polar surface area (TPSA) is 80.8 Å². The molecule has 3 aromatic carbocycles. The van der Waals surface area contributed by atoms with Crippen molar-refractivity contribution in [2.75, 3.05) is 4.90 Å². The second-order valence-electron chi connectivity index (χ2n) is 8.52. The highest BCUT2D eigenvalue weighted by molar-refractivity contribution is 9.10. The smallest absolute Gasteiger partial charge is 0.241 e. The molecule has 1 aliphatic carbocycles. The van der Waals surface area contributed by atoms with Gasteiger partial charge in [0.25, 0.3) is 0 Å². The monoisotopic (exact) mass is 519 g/mol. The van der Waals surface area contributed by atoms with Gasteiger partial charge in [-0.15, -0.1) is 0 Å². The molecule has 2 fully saturated rings. The van der Waals surface area contributed by atoms with Gasteiger partial charge in [-0.25, -0.2) is 9.29 Å². The van der Waals surface area contributed by atoms with Crippen molar-refractivity contribution in [2.24, 2.45) is 11.8 Å². The summed E-state index contributed by atoms with van der Waals surface area (Å²) in [5.41, 5.74) is -1.06. The number of carbonyl (C=O) groups is 4. The summed E-state index contributed by atoms with van der Waals surface area (Å²) in [6.07, 6.45) is -0.998. The van der Waals surface area contributed by atoms with E-state index in [1.165, 1.54) is 24.3 Å². The Bertz CT molecular complexity index is 1370. The Morgan fingerprint density at radius 3 is 1.97 bits per heavy atom. The van der Waals surface area contributed by atoms with Gasteiger partial charge >= 0.3 is 0 Å². The fourth-order valence-corrected chi connectivity index (χ4v) is 5.58. The highest BCUT2D eigenvalue weighted by Crippen LogP contribution is 2.57. The van der Waals surface area contributed by atoms with Crippen molar-refractivity contribution in [2.45, 2.75) is 11.7 Å². The number of rotatable bonds is 2. The Kier molecular flexibility index (Phi) is 4.49. The van der Waals surface area contributed by atoms with E-state index in [2.05, 4.69) is 15.9 Å². The third kappa shape index (κ3) is 2.63. The second-order valence-corrected chi connectivity index (χ2v) is 9.44.